The molecule has 0 N–H and O–H groups in total. The molecule has 0 radical (unpaired) electrons. The third kappa shape index (κ3) is 4.05. The van der Waals surface area contributed by atoms with Crippen LogP contribution in [0.5, 0.6) is 0 Å². The lowest BCUT2D eigenvalue weighted by atomic mass is 10.2. The number of thiocarbonyl (C=S) groups is 1. The van der Waals surface area contributed by atoms with Gasteiger partial charge in [0, 0.05) is 32.0 Å². The van der Waals surface area contributed by atoms with Crippen molar-refractivity contribution in [3.05, 3.63) is 60.2 Å². The lowest BCUT2D eigenvalue weighted by Crippen LogP contribution is -2.44. The number of benzene rings is 2. The van der Waals surface area contributed by atoms with Crippen LogP contribution in [0.2, 0.25) is 0 Å². The van der Waals surface area contributed by atoms with E-state index in [0.717, 1.165) is 29.1 Å². The van der Waals surface area contributed by atoms with E-state index in [1.54, 1.807) is 11.8 Å². The van der Waals surface area contributed by atoms with Gasteiger partial charge in [-0.2, -0.15) is 0 Å². The Morgan fingerprint density at radius 2 is 1.74 bits per heavy atom. The molecule has 0 amide bonds. The number of anilines is 2. The van der Waals surface area contributed by atoms with Crippen LogP contribution in [0.15, 0.2) is 54.6 Å². The van der Waals surface area contributed by atoms with Gasteiger partial charge in [-0.3, -0.25) is 4.90 Å². The SMILES string of the molecule is CN(C)c1ccc(N2CN(Cc3ccccc3)CSC2=S)cc1. The van der Waals surface area contributed by atoms with Crippen molar-refractivity contribution >= 4 is 39.7 Å². The molecule has 1 heterocycles. The van der Waals surface area contributed by atoms with Gasteiger partial charge in [0.1, 0.15) is 4.32 Å². The molecule has 120 valence electrons. The summed E-state index contributed by atoms with van der Waals surface area (Å²) in [7, 11) is 4.11. The van der Waals surface area contributed by atoms with Crippen molar-refractivity contribution in [1.29, 1.82) is 0 Å². The third-order valence-corrected chi connectivity index (χ3v) is 5.39. The molecule has 2 aromatic carbocycles. The molecule has 1 fully saturated rings. The van der Waals surface area contributed by atoms with Crippen LogP contribution in [-0.4, -0.2) is 35.9 Å². The van der Waals surface area contributed by atoms with E-state index in [9.17, 15) is 0 Å². The minimum Gasteiger partial charge on any atom is -0.378 e. The van der Waals surface area contributed by atoms with Crippen LogP contribution in [-0.2, 0) is 6.54 Å². The molecule has 1 saturated heterocycles. The van der Waals surface area contributed by atoms with Gasteiger partial charge in [-0.15, -0.1) is 0 Å². The summed E-state index contributed by atoms with van der Waals surface area (Å²) in [5.74, 6) is 0.944. The van der Waals surface area contributed by atoms with E-state index >= 15 is 0 Å². The molecule has 0 unspecified atom stereocenters. The lowest BCUT2D eigenvalue weighted by Gasteiger charge is -2.36. The second-order valence-corrected chi connectivity index (χ2v) is 7.41. The second kappa shape index (κ2) is 7.34. The highest BCUT2D eigenvalue weighted by molar-refractivity contribution is 8.23. The normalized spacial score (nSPS) is 15.7. The van der Waals surface area contributed by atoms with Crippen molar-refractivity contribution < 1.29 is 0 Å². The molecule has 3 nitrogen and oxygen atoms in total. The van der Waals surface area contributed by atoms with Crippen LogP contribution in [0.4, 0.5) is 11.4 Å². The van der Waals surface area contributed by atoms with Crippen LogP contribution < -0.4 is 9.80 Å². The molecule has 0 atom stereocenters. The average Bonchev–Trinajstić information content (AvgIpc) is 2.58. The Balaban J connectivity index is 1.72. The maximum atomic E-state index is 5.56. The van der Waals surface area contributed by atoms with Gasteiger partial charge in [0.15, 0.2) is 0 Å². The van der Waals surface area contributed by atoms with Crippen molar-refractivity contribution in [2.75, 3.05) is 36.4 Å². The van der Waals surface area contributed by atoms with E-state index in [-0.39, 0.29) is 0 Å². The number of hydrogen-bond acceptors (Lipinski definition) is 4. The molecule has 3 rings (SSSR count). The van der Waals surface area contributed by atoms with Crippen LogP contribution in [0, 0.1) is 0 Å². The first-order chi connectivity index (χ1) is 11.1. The monoisotopic (exact) mass is 343 g/mol. The quantitative estimate of drug-likeness (QED) is 0.774. The molecule has 0 saturated carbocycles. The highest BCUT2D eigenvalue weighted by Gasteiger charge is 2.23. The van der Waals surface area contributed by atoms with Gasteiger partial charge in [-0.25, -0.2) is 0 Å². The number of thioether (sulfide) groups is 1. The standard InChI is InChI=1S/C18H21N3S2/c1-19(2)16-8-10-17(11-9-16)21-13-20(14-23-18(21)22)12-15-6-4-3-5-7-15/h3-11H,12-14H2,1-2H3. The Kier molecular flexibility index (Phi) is 5.20. The minimum atomic E-state index is 0.835. The van der Waals surface area contributed by atoms with Gasteiger partial charge in [0.25, 0.3) is 0 Å². The molecule has 0 aliphatic carbocycles. The number of rotatable bonds is 4. The minimum absolute atomic E-state index is 0.835. The summed E-state index contributed by atoms with van der Waals surface area (Å²) in [5.41, 5.74) is 3.69. The van der Waals surface area contributed by atoms with Crippen LogP contribution in [0.25, 0.3) is 0 Å². The highest BCUT2D eigenvalue weighted by Crippen LogP contribution is 2.27. The van der Waals surface area contributed by atoms with Gasteiger partial charge in [0.05, 0.1) is 12.5 Å². The fraction of sp³-hybridized carbons (Fsp3) is 0.278. The van der Waals surface area contributed by atoms with Gasteiger partial charge in [-0.05, 0) is 29.8 Å². The first-order valence-electron chi connectivity index (χ1n) is 7.61. The Labute approximate surface area is 147 Å². The predicted octanol–water partition coefficient (Wildman–Crippen LogP) is 4.01. The van der Waals surface area contributed by atoms with Gasteiger partial charge in [-0.1, -0.05) is 54.3 Å². The van der Waals surface area contributed by atoms with E-state index in [4.69, 9.17) is 12.2 Å². The molecule has 1 aliphatic heterocycles. The maximum absolute atomic E-state index is 5.56. The molecule has 0 spiro atoms. The van der Waals surface area contributed by atoms with E-state index in [0.29, 0.717) is 0 Å². The second-order valence-electron chi connectivity index (χ2n) is 5.83. The van der Waals surface area contributed by atoms with Gasteiger partial charge >= 0.3 is 0 Å². The lowest BCUT2D eigenvalue weighted by molar-refractivity contribution is 0.321. The van der Waals surface area contributed by atoms with Crippen molar-refractivity contribution in [1.82, 2.24) is 4.90 Å². The zero-order chi connectivity index (χ0) is 16.2. The van der Waals surface area contributed by atoms with Gasteiger partial charge in [0.2, 0.25) is 0 Å². The summed E-state index contributed by atoms with van der Waals surface area (Å²) in [6, 6.07) is 19.2. The Hall–Kier alpha value is -1.56. The summed E-state index contributed by atoms with van der Waals surface area (Å²) in [6.07, 6.45) is 0. The van der Waals surface area contributed by atoms with Crippen molar-refractivity contribution in [2.45, 2.75) is 6.54 Å². The van der Waals surface area contributed by atoms with Crippen LogP contribution in [0.3, 0.4) is 0 Å². The van der Waals surface area contributed by atoms with E-state index in [2.05, 4.69) is 83.4 Å². The first kappa shape index (κ1) is 16.3. The predicted molar refractivity (Wildman–Crippen MR) is 105 cm³/mol. The molecule has 1 aliphatic rings. The largest absolute Gasteiger partial charge is 0.378 e. The van der Waals surface area contributed by atoms with Crippen LogP contribution >= 0.6 is 24.0 Å². The third-order valence-electron chi connectivity index (χ3n) is 3.86. The average molecular weight is 344 g/mol. The fourth-order valence-corrected chi connectivity index (χ4v) is 3.68. The zero-order valence-electron chi connectivity index (χ0n) is 13.5. The van der Waals surface area contributed by atoms with Crippen molar-refractivity contribution in [2.24, 2.45) is 0 Å². The van der Waals surface area contributed by atoms with E-state index in [1.807, 2.05) is 0 Å². The number of nitrogens with zero attached hydrogens (tertiary/aromatic N) is 3. The summed E-state index contributed by atoms with van der Waals surface area (Å²) in [5, 5.41) is 0. The highest BCUT2D eigenvalue weighted by atomic mass is 32.2. The maximum Gasteiger partial charge on any atom is 0.143 e. The molecule has 5 heteroatoms. The van der Waals surface area contributed by atoms with Crippen molar-refractivity contribution in [3.8, 4) is 0 Å². The molecular formula is C18H21N3S2. The Morgan fingerprint density at radius 1 is 1.04 bits per heavy atom. The first-order valence-corrected chi connectivity index (χ1v) is 9.01. The van der Waals surface area contributed by atoms with Crippen LogP contribution in [0.1, 0.15) is 5.56 Å². The topological polar surface area (TPSA) is 9.72 Å². The fourth-order valence-electron chi connectivity index (χ4n) is 2.58. The Bertz CT molecular complexity index is 656. The van der Waals surface area contributed by atoms with Gasteiger partial charge < -0.3 is 9.80 Å². The zero-order valence-corrected chi connectivity index (χ0v) is 15.1. The molecule has 2 aromatic rings. The molecule has 23 heavy (non-hydrogen) atoms. The summed E-state index contributed by atoms with van der Waals surface area (Å²) >= 11 is 7.29. The van der Waals surface area contributed by atoms with E-state index in [1.165, 1.54) is 11.3 Å². The number of hydrogen-bond donors (Lipinski definition) is 0. The molecule has 0 bridgehead atoms. The summed E-state index contributed by atoms with van der Waals surface area (Å²) < 4.78 is 0.951. The van der Waals surface area contributed by atoms with E-state index < -0.39 is 0 Å². The summed E-state index contributed by atoms with van der Waals surface area (Å²) in [4.78, 5) is 6.73. The molecular weight excluding hydrogens is 322 g/mol. The molecule has 0 aromatic heterocycles. The smallest absolute Gasteiger partial charge is 0.143 e. The Morgan fingerprint density at radius 3 is 2.39 bits per heavy atom. The van der Waals surface area contributed by atoms with Crippen molar-refractivity contribution in [3.63, 3.8) is 0 Å². The summed E-state index contributed by atoms with van der Waals surface area (Å²) in [6.45, 7) is 1.78.